The fraction of sp³-hybridized carbons (Fsp3) is 0.840. The molecule has 0 aromatic rings. The lowest BCUT2D eigenvalue weighted by Gasteiger charge is -2.25. The molecule has 0 aliphatic heterocycles. The Hall–Kier alpha value is -1.66. The number of esters is 1. The van der Waals surface area contributed by atoms with E-state index >= 15 is 0 Å². The van der Waals surface area contributed by atoms with E-state index in [4.69, 9.17) is 9.47 Å². The van der Waals surface area contributed by atoms with Crippen molar-refractivity contribution in [1.29, 1.82) is 0 Å². The van der Waals surface area contributed by atoms with Gasteiger partial charge in [0, 0.05) is 6.08 Å². The molecular weight excluding hydrogens is 416 g/mol. The lowest BCUT2D eigenvalue weighted by atomic mass is 9.99. The molecule has 0 saturated carbocycles. The molecule has 188 valence electrons. The molecule has 0 fully saturated rings. The number of carbonyl (C=O) groups excluding carboxylic acids is 2. The summed E-state index contributed by atoms with van der Waals surface area (Å²) >= 11 is 0. The minimum absolute atomic E-state index is 0.132. The van der Waals surface area contributed by atoms with Crippen molar-refractivity contribution in [3.8, 4) is 0 Å². The van der Waals surface area contributed by atoms with Crippen molar-refractivity contribution < 1.29 is 27.8 Å². The van der Waals surface area contributed by atoms with Gasteiger partial charge in [0.2, 0.25) is 0 Å². The normalized spacial score (nSPS) is 12.2. The number of alkyl carbamates (subject to hydrolysis) is 1. The maximum Gasteiger partial charge on any atom is 0.412 e. The summed E-state index contributed by atoms with van der Waals surface area (Å²) < 4.78 is 36.1. The number of amides is 1. The minimum atomic E-state index is -2.90. The molecule has 0 atom stereocenters. The van der Waals surface area contributed by atoms with Crippen molar-refractivity contribution in [3.05, 3.63) is 11.8 Å². The number of nitrogens with one attached hydrogen (secondary N) is 1. The Morgan fingerprint density at radius 1 is 0.844 bits per heavy atom. The quantitative estimate of drug-likeness (QED) is 0.122. The number of halogens is 2. The fourth-order valence-corrected chi connectivity index (χ4v) is 3.36. The van der Waals surface area contributed by atoms with Gasteiger partial charge >= 0.3 is 12.1 Å². The first kappa shape index (κ1) is 30.3. The predicted molar refractivity (Wildman–Crippen MR) is 125 cm³/mol. The number of allylic oxidation sites excluding steroid dienone is 1. The number of alkyl halides is 2. The highest BCUT2D eigenvalue weighted by atomic mass is 19.3. The molecule has 5 nitrogen and oxygen atoms in total. The van der Waals surface area contributed by atoms with Gasteiger partial charge in [0.15, 0.2) is 0 Å². The van der Waals surface area contributed by atoms with E-state index in [0.717, 1.165) is 38.5 Å². The van der Waals surface area contributed by atoms with Crippen LogP contribution in [0.4, 0.5) is 13.6 Å². The van der Waals surface area contributed by atoms with Crippen LogP contribution in [0.25, 0.3) is 0 Å². The van der Waals surface area contributed by atoms with Crippen molar-refractivity contribution in [2.45, 2.75) is 130 Å². The highest BCUT2D eigenvalue weighted by Gasteiger charge is 2.25. The number of ether oxygens (including phenoxy) is 2. The number of hydrogen-bond acceptors (Lipinski definition) is 4. The van der Waals surface area contributed by atoms with Crippen LogP contribution < -0.4 is 5.32 Å². The molecular formula is C25H45F2NO4. The van der Waals surface area contributed by atoms with Crippen LogP contribution in [-0.2, 0) is 14.3 Å². The second-order valence-electron chi connectivity index (χ2n) is 8.96. The maximum absolute atomic E-state index is 12.8. The Bertz CT molecular complexity index is 536. The van der Waals surface area contributed by atoms with Crippen molar-refractivity contribution in [2.75, 3.05) is 6.61 Å². The van der Waals surface area contributed by atoms with Gasteiger partial charge in [-0.05, 0) is 33.1 Å². The molecule has 0 spiro atoms. The molecule has 0 rings (SSSR count). The Balaban J connectivity index is 4.39. The summed E-state index contributed by atoms with van der Waals surface area (Å²) in [7, 11) is 0. The van der Waals surface area contributed by atoms with E-state index in [-0.39, 0.29) is 6.61 Å². The standard InChI is InChI=1S/C25H45F2NO4/c1-5-7-9-11-13-15-17-19-31-23(29)21(20-22(26)27)28-24(30)32-25(3,4)18-16-14-12-10-8-6-2/h20,22H,5-19H2,1-4H3,(H,28,30)/b21-20-. The van der Waals surface area contributed by atoms with Crippen LogP contribution in [0.3, 0.4) is 0 Å². The first-order chi connectivity index (χ1) is 15.2. The van der Waals surface area contributed by atoms with E-state index in [1.54, 1.807) is 13.8 Å². The van der Waals surface area contributed by atoms with Crippen molar-refractivity contribution >= 4 is 12.1 Å². The van der Waals surface area contributed by atoms with E-state index in [9.17, 15) is 18.4 Å². The van der Waals surface area contributed by atoms with E-state index in [2.05, 4.69) is 19.2 Å². The summed E-state index contributed by atoms with van der Waals surface area (Å²) in [5, 5.41) is 2.14. The average Bonchev–Trinajstić information content (AvgIpc) is 2.71. The van der Waals surface area contributed by atoms with E-state index in [0.29, 0.717) is 18.9 Å². The lowest BCUT2D eigenvalue weighted by molar-refractivity contribution is -0.139. The van der Waals surface area contributed by atoms with E-state index in [1.807, 2.05) is 0 Å². The molecule has 32 heavy (non-hydrogen) atoms. The van der Waals surface area contributed by atoms with Gasteiger partial charge in [-0.1, -0.05) is 84.5 Å². The lowest BCUT2D eigenvalue weighted by Crippen LogP contribution is -2.36. The average molecular weight is 462 g/mol. The van der Waals surface area contributed by atoms with E-state index < -0.39 is 29.8 Å². The number of rotatable bonds is 19. The zero-order chi connectivity index (χ0) is 24.2. The monoisotopic (exact) mass is 461 g/mol. The van der Waals surface area contributed by atoms with Gasteiger partial charge in [-0.2, -0.15) is 0 Å². The first-order valence-corrected chi connectivity index (χ1v) is 12.4. The highest BCUT2D eigenvalue weighted by Crippen LogP contribution is 2.20. The van der Waals surface area contributed by atoms with Crippen LogP contribution >= 0.6 is 0 Å². The van der Waals surface area contributed by atoms with Crippen LogP contribution in [0.5, 0.6) is 0 Å². The predicted octanol–water partition coefficient (Wildman–Crippen LogP) is 7.68. The third kappa shape index (κ3) is 18.0. The summed E-state index contributed by atoms with van der Waals surface area (Å²) in [5.74, 6) is -0.970. The van der Waals surface area contributed by atoms with Gasteiger partial charge in [-0.3, -0.25) is 5.32 Å². The SMILES string of the molecule is CCCCCCCCCOC(=O)/C(=C/C(F)F)NC(=O)OC(C)(C)CCCCCCCC. The van der Waals surface area contributed by atoms with Crippen molar-refractivity contribution in [3.63, 3.8) is 0 Å². The highest BCUT2D eigenvalue weighted by molar-refractivity contribution is 5.92. The zero-order valence-corrected chi connectivity index (χ0v) is 20.7. The minimum Gasteiger partial charge on any atom is -0.461 e. The molecule has 0 heterocycles. The smallest absolute Gasteiger partial charge is 0.412 e. The van der Waals surface area contributed by atoms with Gasteiger partial charge in [-0.25, -0.2) is 18.4 Å². The zero-order valence-electron chi connectivity index (χ0n) is 20.7. The molecule has 1 N–H and O–H groups in total. The summed E-state index contributed by atoms with van der Waals surface area (Å²) in [6, 6.07) is 0. The Morgan fingerprint density at radius 2 is 1.34 bits per heavy atom. The summed E-state index contributed by atoms with van der Waals surface area (Å²) in [5.41, 5.74) is -1.34. The number of hydrogen-bond donors (Lipinski definition) is 1. The van der Waals surface area contributed by atoms with Crippen molar-refractivity contribution in [1.82, 2.24) is 5.32 Å². The Labute approximate surface area is 193 Å². The van der Waals surface area contributed by atoms with Crippen LogP contribution in [0.1, 0.15) is 118 Å². The molecule has 0 aliphatic rings. The molecule has 0 aliphatic carbocycles. The Morgan fingerprint density at radius 3 is 1.88 bits per heavy atom. The van der Waals surface area contributed by atoms with Gasteiger partial charge in [0.1, 0.15) is 11.3 Å². The third-order valence-corrected chi connectivity index (χ3v) is 5.23. The maximum atomic E-state index is 12.8. The molecule has 0 aromatic carbocycles. The van der Waals surface area contributed by atoms with E-state index in [1.165, 1.54) is 38.5 Å². The third-order valence-electron chi connectivity index (χ3n) is 5.23. The second-order valence-corrected chi connectivity index (χ2v) is 8.96. The van der Waals surface area contributed by atoms with Gasteiger partial charge < -0.3 is 9.47 Å². The molecule has 1 amide bonds. The summed E-state index contributed by atoms with van der Waals surface area (Å²) in [4.78, 5) is 24.4. The first-order valence-electron chi connectivity index (χ1n) is 12.4. The number of carbonyl (C=O) groups is 2. The fourth-order valence-electron chi connectivity index (χ4n) is 3.36. The molecule has 0 saturated heterocycles. The van der Waals surface area contributed by atoms with Gasteiger partial charge in [0.05, 0.1) is 6.61 Å². The van der Waals surface area contributed by atoms with Gasteiger partial charge in [0.25, 0.3) is 6.43 Å². The second kappa shape index (κ2) is 18.9. The van der Waals surface area contributed by atoms with Crippen LogP contribution in [0.15, 0.2) is 11.8 Å². The molecule has 0 bridgehead atoms. The van der Waals surface area contributed by atoms with Crippen LogP contribution in [0, 0.1) is 0 Å². The largest absolute Gasteiger partial charge is 0.461 e. The Kier molecular flexibility index (Phi) is 17.9. The summed E-state index contributed by atoms with van der Waals surface area (Å²) in [6.45, 7) is 8.00. The topological polar surface area (TPSA) is 64.6 Å². The van der Waals surface area contributed by atoms with Crippen molar-refractivity contribution in [2.24, 2.45) is 0 Å². The van der Waals surface area contributed by atoms with Gasteiger partial charge in [-0.15, -0.1) is 0 Å². The number of unbranched alkanes of at least 4 members (excludes halogenated alkanes) is 11. The molecule has 0 aromatic heterocycles. The van der Waals surface area contributed by atoms with Crippen LogP contribution in [0.2, 0.25) is 0 Å². The molecule has 0 radical (unpaired) electrons. The molecule has 0 unspecified atom stereocenters. The van der Waals surface area contributed by atoms with Crippen LogP contribution in [-0.4, -0.2) is 30.7 Å². The molecule has 7 heteroatoms. The summed E-state index contributed by atoms with van der Waals surface area (Å²) in [6.07, 6.45) is 11.3.